The molecule has 2 aromatic carbocycles. The number of halogens is 1. The van der Waals surface area contributed by atoms with Gasteiger partial charge in [-0.15, -0.1) is 16.6 Å². The van der Waals surface area contributed by atoms with Crippen LogP contribution in [0.25, 0.3) is 0 Å². The summed E-state index contributed by atoms with van der Waals surface area (Å²) in [6.45, 7) is 1.98. The van der Waals surface area contributed by atoms with E-state index in [1.54, 1.807) is 24.3 Å². The van der Waals surface area contributed by atoms with E-state index in [0.717, 1.165) is 16.9 Å². The van der Waals surface area contributed by atoms with Crippen molar-refractivity contribution in [3.63, 3.8) is 0 Å². The summed E-state index contributed by atoms with van der Waals surface area (Å²) >= 11 is 1.39. The van der Waals surface area contributed by atoms with E-state index in [2.05, 4.69) is 10.3 Å². The van der Waals surface area contributed by atoms with Crippen molar-refractivity contribution < 1.29 is 17.6 Å². The summed E-state index contributed by atoms with van der Waals surface area (Å²) in [7, 11) is -3.79. The molecule has 0 unspecified atom stereocenters. The molecule has 0 radical (unpaired) electrons. The first-order valence-electron chi connectivity index (χ1n) is 7.68. The minimum absolute atomic E-state index is 0.0886. The number of amides is 1. The van der Waals surface area contributed by atoms with Crippen LogP contribution in [-0.4, -0.2) is 20.1 Å². The lowest BCUT2D eigenvalue weighted by atomic mass is 10.2. The van der Waals surface area contributed by atoms with Gasteiger partial charge in [-0.3, -0.25) is 10.2 Å². The van der Waals surface area contributed by atoms with Gasteiger partial charge in [0.1, 0.15) is 5.82 Å². The Labute approximate surface area is 151 Å². The molecule has 5 nitrogen and oxygen atoms in total. The van der Waals surface area contributed by atoms with Gasteiger partial charge in [-0.25, -0.2) is 12.8 Å². The average molecular weight is 382 g/mol. The van der Waals surface area contributed by atoms with Crippen LogP contribution < -0.4 is 10.3 Å². The molecule has 0 aliphatic rings. The molecule has 0 bridgehead atoms. The summed E-state index contributed by atoms with van der Waals surface area (Å²) in [5.41, 5.74) is 3.22. The van der Waals surface area contributed by atoms with Crippen LogP contribution in [0, 0.1) is 5.82 Å². The molecule has 0 saturated carbocycles. The van der Waals surface area contributed by atoms with E-state index in [1.165, 1.54) is 36.0 Å². The van der Waals surface area contributed by atoms with Crippen molar-refractivity contribution >= 4 is 27.7 Å². The van der Waals surface area contributed by atoms with Crippen LogP contribution in [0.2, 0.25) is 0 Å². The van der Waals surface area contributed by atoms with Gasteiger partial charge < -0.3 is 0 Å². The fourth-order valence-corrected chi connectivity index (χ4v) is 3.65. The molecule has 0 aliphatic heterocycles. The van der Waals surface area contributed by atoms with Crippen LogP contribution in [0.3, 0.4) is 0 Å². The number of benzene rings is 2. The number of thioether (sulfide) groups is 1. The van der Waals surface area contributed by atoms with E-state index in [4.69, 9.17) is 0 Å². The number of carbonyl (C=O) groups is 1. The highest BCUT2D eigenvalue weighted by Gasteiger charge is 2.14. The molecule has 2 aromatic rings. The zero-order valence-electron chi connectivity index (χ0n) is 13.7. The van der Waals surface area contributed by atoms with Crippen molar-refractivity contribution in [1.29, 1.82) is 0 Å². The molecule has 0 atom stereocenters. The highest BCUT2D eigenvalue weighted by molar-refractivity contribution is 7.99. The molecule has 2 rings (SSSR count). The topological polar surface area (TPSA) is 75.3 Å². The lowest BCUT2D eigenvalue weighted by molar-refractivity contribution is -0.121. The van der Waals surface area contributed by atoms with Gasteiger partial charge in [-0.05, 0) is 48.4 Å². The third-order valence-electron chi connectivity index (χ3n) is 3.38. The first-order chi connectivity index (χ1) is 11.9. The Bertz CT molecular complexity index is 807. The number of hydrazine groups is 1. The lowest BCUT2D eigenvalue weighted by Gasteiger charge is -2.09. The molecule has 25 heavy (non-hydrogen) atoms. The molecule has 8 heteroatoms. The molecule has 0 aliphatic carbocycles. The van der Waals surface area contributed by atoms with Crippen molar-refractivity contribution in [1.82, 2.24) is 10.3 Å². The zero-order valence-corrected chi connectivity index (χ0v) is 15.3. The number of hydrogen-bond acceptors (Lipinski definition) is 4. The maximum Gasteiger partial charge on any atom is 0.257 e. The monoisotopic (exact) mass is 382 g/mol. The minimum atomic E-state index is -3.79. The summed E-state index contributed by atoms with van der Waals surface area (Å²) in [5, 5.41) is 0. The predicted octanol–water partition coefficient (Wildman–Crippen LogP) is 2.88. The highest BCUT2D eigenvalue weighted by Crippen LogP contribution is 2.18. The molecule has 0 saturated heterocycles. The summed E-state index contributed by atoms with van der Waals surface area (Å²) in [4.78, 5) is 14.8. The number of carbonyl (C=O) groups excluding carboxylic acids is 1. The first-order valence-corrected chi connectivity index (χ1v) is 10.2. The Hall–Kier alpha value is -1.90. The van der Waals surface area contributed by atoms with E-state index >= 15 is 0 Å². The summed E-state index contributed by atoms with van der Waals surface area (Å²) in [6, 6.07) is 12.4. The quantitative estimate of drug-likeness (QED) is 0.544. The van der Waals surface area contributed by atoms with E-state index < -0.39 is 15.9 Å². The van der Waals surface area contributed by atoms with Crippen molar-refractivity contribution in [2.75, 3.05) is 5.75 Å². The average Bonchev–Trinajstić information content (AvgIpc) is 2.62. The largest absolute Gasteiger partial charge is 0.278 e. The second-order valence-electron chi connectivity index (χ2n) is 5.20. The number of nitrogens with one attached hydrogen (secondary N) is 2. The second-order valence-corrected chi connectivity index (χ2v) is 8.05. The zero-order chi connectivity index (χ0) is 18.3. The Morgan fingerprint density at radius 3 is 2.32 bits per heavy atom. The molecular weight excluding hydrogens is 363 g/mol. The van der Waals surface area contributed by atoms with Crippen molar-refractivity contribution in [3.8, 4) is 0 Å². The molecule has 0 fully saturated rings. The van der Waals surface area contributed by atoms with E-state index in [-0.39, 0.29) is 17.1 Å². The molecule has 134 valence electrons. The van der Waals surface area contributed by atoms with Gasteiger partial charge in [0, 0.05) is 17.1 Å². The molecule has 1 amide bonds. The molecular formula is C17H19FN2O3S2. The number of hydrogen-bond donors (Lipinski definition) is 2. The Morgan fingerprint density at radius 2 is 1.72 bits per heavy atom. The van der Waals surface area contributed by atoms with Crippen LogP contribution in [-0.2, 0) is 21.2 Å². The third kappa shape index (κ3) is 6.15. The van der Waals surface area contributed by atoms with Crippen LogP contribution in [0.5, 0.6) is 0 Å². The molecule has 0 aromatic heterocycles. The SMILES string of the molecule is CCc1ccc(S(=O)(=O)NNC(=O)CCSc2ccc(F)cc2)cc1. The predicted molar refractivity (Wildman–Crippen MR) is 96.0 cm³/mol. The van der Waals surface area contributed by atoms with Crippen molar-refractivity contribution in [2.24, 2.45) is 0 Å². The Balaban J connectivity index is 1.79. The Kier molecular flexibility index (Phi) is 6.98. The van der Waals surface area contributed by atoms with Gasteiger partial charge in [-0.2, -0.15) is 0 Å². The smallest absolute Gasteiger partial charge is 0.257 e. The summed E-state index contributed by atoms with van der Waals surface area (Å²) in [6.07, 6.45) is 0.940. The molecule has 0 heterocycles. The number of sulfonamides is 1. The Morgan fingerprint density at radius 1 is 1.08 bits per heavy atom. The van der Waals surface area contributed by atoms with Crippen LogP contribution >= 0.6 is 11.8 Å². The van der Waals surface area contributed by atoms with Gasteiger partial charge in [0.05, 0.1) is 4.90 Å². The van der Waals surface area contributed by atoms with Gasteiger partial charge in [0.15, 0.2) is 0 Å². The van der Waals surface area contributed by atoms with E-state index in [1.807, 2.05) is 6.92 Å². The number of aryl methyl sites for hydroxylation is 1. The maximum absolute atomic E-state index is 12.8. The molecule has 0 spiro atoms. The summed E-state index contributed by atoms with van der Waals surface area (Å²) < 4.78 is 37.0. The van der Waals surface area contributed by atoms with Crippen LogP contribution in [0.4, 0.5) is 4.39 Å². The van der Waals surface area contributed by atoms with Gasteiger partial charge in [0.25, 0.3) is 10.0 Å². The second kappa shape index (κ2) is 8.98. The van der Waals surface area contributed by atoms with Crippen molar-refractivity contribution in [3.05, 3.63) is 59.9 Å². The van der Waals surface area contributed by atoms with Crippen LogP contribution in [0.15, 0.2) is 58.3 Å². The van der Waals surface area contributed by atoms with Gasteiger partial charge in [0.2, 0.25) is 5.91 Å². The number of rotatable bonds is 8. The van der Waals surface area contributed by atoms with Crippen LogP contribution in [0.1, 0.15) is 18.9 Å². The minimum Gasteiger partial charge on any atom is -0.278 e. The normalized spacial score (nSPS) is 11.3. The highest BCUT2D eigenvalue weighted by atomic mass is 32.2. The standard InChI is InChI=1S/C17H19FN2O3S2/c1-2-13-3-9-16(10-4-13)25(22,23)20-19-17(21)11-12-24-15-7-5-14(18)6-8-15/h3-10,20H,2,11-12H2,1H3,(H,19,21). The fraction of sp³-hybridized carbons (Fsp3) is 0.235. The molecule has 2 N–H and O–H groups in total. The van der Waals surface area contributed by atoms with Crippen molar-refractivity contribution in [2.45, 2.75) is 29.6 Å². The van der Waals surface area contributed by atoms with E-state index in [9.17, 15) is 17.6 Å². The third-order valence-corrected chi connectivity index (χ3v) is 5.66. The first kappa shape index (κ1) is 19.4. The lowest BCUT2D eigenvalue weighted by Crippen LogP contribution is -2.41. The van der Waals surface area contributed by atoms with Gasteiger partial charge in [-0.1, -0.05) is 19.1 Å². The van der Waals surface area contributed by atoms with Gasteiger partial charge >= 0.3 is 0 Å². The maximum atomic E-state index is 12.8. The van der Waals surface area contributed by atoms with E-state index in [0.29, 0.717) is 5.75 Å². The summed E-state index contributed by atoms with van der Waals surface area (Å²) in [5.74, 6) is -0.309. The fourth-order valence-electron chi connectivity index (χ4n) is 1.94.